The van der Waals surface area contributed by atoms with Gasteiger partial charge in [0, 0.05) is 12.6 Å². The predicted octanol–water partition coefficient (Wildman–Crippen LogP) is 2.16. The van der Waals surface area contributed by atoms with Crippen LogP contribution < -0.4 is 5.32 Å². The van der Waals surface area contributed by atoms with E-state index in [2.05, 4.69) is 5.32 Å². The van der Waals surface area contributed by atoms with Gasteiger partial charge in [-0.2, -0.15) is 0 Å². The number of aliphatic hydroxyl groups is 1. The van der Waals surface area contributed by atoms with Crippen LogP contribution in [-0.2, 0) is 0 Å². The highest BCUT2D eigenvalue weighted by atomic mass is 16.3. The molecule has 4 heteroatoms. The molecular formula is C14H23NO3. The summed E-state index contributed by atoms with van der Waals surface area (Å²) in [5.74, 6) is 0.540. The summed E-state index contributed by atoms with van der Waals surface area (Å²) >= 11 is 0. The van der Waals surface area contributed by atoms with Crippen LogP contribution in [0.2, 0.25) is 0 Å². The molecule has 2 unspecified atom stereocenters. The fourth-order valence-corrected chi connectivity index (χ4v) is 1.95. The molecule has 2 atom stereocenters. The average Bonchev–Trinajstić information content (AvgIpc) is 2.34. The first-order valence-electron chi connectivity index (χ1n) is 6.41. The molecule has 18 heavy (non-hydrogen) atoms. The number of benzene rings is 1. The van der Waals surface area contributed by atoms with Crippen molar-refractivity contribution in [3.05, 3.63) is 23.8 Å². The molecule has 102 valence electrons. The Bertz CT molecular complexity index is 348. The molecule has 4 N–H and O–H groups in total. The number of aliphatic hydroxyl groups excluding tert-OH is 1. The Hall–Kier alpha value is -1.26. The molecular weight excluding hydrogens is 230 g/mol. The Labute approximate surface area is 108 Å². The normalized spacial score (nSPS) is 14.4. The summed E-state index contributed by atoms with van der Waals surface area (Å²) in [7, 11) is 0. The molecule has 0 saturated heterocycles. The molecule has 0 aliphatic heterocycles. The number of hydrogen-bond donors (Lipinski definition) is 4. The van der Waals surface area contributed by atoms with Gasteiger partial charge < -0.3 is 20.6 Å². The second kappa shape index (κ2) is 7.24. The van der Waals surface area contributed by atoms with Crippen molar-refractivity contribution in [3.8, 4) is 11.5 Å². The van der Waals surface area contributed by atoms with Gasteiger partial charge >= 0.3 is 0 Å². The van der Waals surface area contributed by atoms with Gasteiger partial charge in [-0.25, -0.2) is 0 Å². The minimum atomic E-state index is -0.101. The van der Waals surface area contributed by atoms with Crippen molar-refractivity contribution in [3.63, 3.8) is 0 Å². The lowest BCUT2D eigenvalue weighted by Crippen LogP contribution is -2.20. The van der Waals surface area contributed by atoms with Crippen molar-refractivity contribution < 1.29 is 15.3 Å². The molecule has 1 aromatic rings. The average molecular weight is 253 g/mol. The van der Waals surface area contributed by atoms with E-state index >= 15 is 0 Å². The number of phenolic OH excluding ortho intramolecular Hbond substituents is 2. The van der Waals surface area contributed by atoms with Crippen LogP contribution in [0.1, 0.15) is 38.3 Å². The van der Waals surface area contributed by atoms with Gasteiger partial charge in [-0.1, -0.05) is 13.0 Å². The maximum absolute atomic E-state index is 9.71. The molecule has 0 bridgehead atoms. The van der Waals surface area contributed by atoms with E-state index in [4.69, 9.17) is 5.11 Å². The Morgan fingerprint density at radius 1 is 1.17 bits per heavy atom. The third-order valence-electron chi connectivity index (χ3n) is 3.13. The summed E-state index contributed by atoms with van der Waals surface area (Å²) in [6.45, 7) is 4.93. The van der Waals surface area contributed by atoms with Crippen LogP contribution in [0.25, 0.3) is 0 Å². The van der Waals surface area contributed by atoms with Crippen molar-refractivity contribution in [2.45, 2.75) is 32.7 Å². The van der Waals surface area contributed by atoms with Gasteiger partial charge in [0.05, 0.1) is 5.56 Å². The molecule has 1 rings (SSSR count). The highest BCUT2D eigenvalue weighted by Gasteiger charge is 2.14. The van der Waals surface area contributed by atoms with E-state index in [1.54, 1.807) is 18.2 Å². The lowest BCUT2D eigenvalue weighted by molar-refractivity contribution is 0.227. The standard InChI is InChI=1S/C14H23NO3/c1-10(9-16)5-4-8-15-11(2)14-12(17)6-3-7-13(14)18/h3,6-7,10-11,15-18H,4-5,8-9H2,1-2H3. The molecule has 4 nitrogen and oxygen atoms in total. The van der Waals surface area contributed by atoms with Crippen molar-refractivity contribution >= 4 is 0 Å². The van der Waals surface area contributed by atoms with Gasteiger partial charge in [-0.15, -0.1) is 0 Å². The molecule has 0 aliphatic carbocycles. The monoisotopic (exact) mass is 253 g/mol. The lowest BCUT2D eigenvalue weighted by Gasteiger charge is -2.17. The van der Waals surface area contributed by atoms with Gasteiger partial charge in [0.15, 0.2) is 0 Å². The summed E-state index contributed by atoms with van der Waals surface area (Å²) in [4.78, 5) is 0. The highest BCUT2D eigenvalue weighted by molar-refractivity contribution is 5.44. The molecule has 0 aromatic heterocycles. The zero-order valence-corrected chi connectivity index (χ0v) is 11.1. The van der Waals surface area contributed by atoms with Gasteiger partial charge in [0.25, 0.3) is 0 Å². The summed E-state index contributed by atoms with van der Waals surface area (Å²) in [6.07, 6.45) is 1.92. The van der Waals surface area contributed by atoms with Crippen LogP contribution in [0.3, 0.4) is 0 Å². The van der Waals surface area contributed by atoms with Crippen molar-refractivity contribution in [2.75, 3.05) is 13.2 Å². The van der Waals surface area contributed by atoms with Crippen LogP contribution >= 0.6 is 0 Å². The van der Waals surface area contributed by atoms with Gasteiger partial charge in [-0.3, -0.25) is 0 Å². The fourth-order valence-electron chi connectivity index (χ4n) is 1.95. The van der Waals surface area contributed by atoms with Gasteiger partial charge in [-0.05, 0) is 44.4 Å². The Kier molecular flexibility index (Phi) is 5.95. The number of nitrogens with one attached hydrogen (secondary N) is 1. The van der Waals surface area contributed by atoms with Crippen LogP contribution in [0.15, 0.2) is 18.2 Å². The first-order chi connectivity index (χ1) is 8.56. The minimum Gasteiger partial charge on any atom is -0.507 e. The lowest BCUT2D eigenvalue weighted by atomic mass is 10.0. The Morgan fingerprint density at radius 3 is 2.33 bits per heavy atom. The fraction of sp³-hybridized carbons (Fsp3) is 0.571. The van der Waals surface area contributed by atoms with Gasteiger partial charge in [0.1, 0.15) is 11.5 Å². The number of hydrogen-bond acceptors (Lipinski definition) is 4. The molecule has 0 amide bonds. The number of rotatable bonds is 7. The minimum absolute atomic E-state index is 0.101. The smallest absolute Gasteiger partial charge is 0.124 e. The molecule has 1 aromatic carbocycles. The largest absolute Gasteiger partial charge is 0.507 e. The summed E-state index contributed by atoms with van der Waals surface area (Å²) in [6, 6.07) is 4.65. The molecule has 0 aliphatic rings. The van der Waals surface area contributed by atoms with Crippen LogP contribution in [0.4, 0.5) is 0 Å². The van der Waals surface area contributed by atoms with E-state index in [1.165, 1.54) is 0 Å². The van der Waals surface area contributed by atoms with Crippen molar-refractivity contribution in [1.82, 2.24) is 5.32 Å². The maximum Gasteiger partial charge on any atom is 0.124 e. The molecule has 0 heterocycles. The topological polar surface area (TPSA) is 72.7 Å². The zero-order chi connectivity index (χ0) is 13.5. The number of aromatic hydroxyl groups is 2. The van der Waals surface area contributed by atoms with Crippen LogP contribution in [-0.4, -0.2) is 28.5 Å². The quantitative estimate of drug-likeness (QED) is 0.562. The van der Waals surface area contributed by atoms with Crippen molar-refractivity contribution in [1.29, 1.82) is 0 Å². The van der Waals surface area contributed by atoms with E-state index in [0.717, 1.165) is 19.4 Å². The predicted molar refractivity (Wildman–Crippen MR) is 71.7 cm³/mol. The second-order valence-electron chi connectivity index (χ2n) is 4.82. The Balaban J connectivity index is 2.43. The first kappa shape index (κ1) is 14.8. The number of phenols is 2. The summed E-state index contributed by atoms with van der Waals surface area (Å²) < 4.78 is 0. The zero-order valence-electron chi connectivity index (χ0n) is 11.1. The summed E-state index contributed by atoms with van der Waals surface area (Å²) in [5, 5.41) is 31.6. The highest BCUT2D eigenvalue weighted by Crippen LogP contribution is 2.31. The summed E-state index contributed by atoms with van der Waals surface area (Å²) in [5.41, 5.74) is 0.535. The SMILES string of the molecule is CC(CO)CCCNC(C)c1c(O)cccc1O. The molecule has 0 saturated carbocycles. The van der Waals surface area contributed by atoms with E-state index < -0.39 is 0 Å². The molecule has 0 spiro atoms. The first-order valence-corrected chi connectivity index (χ1v) is 6.41. The van der Waals surface area contributed by atoms with E-state index in [0.29, 0.717) is 11.5 Å². The van der Waals surface area contributed by atoms with Crippen LogP contribution in [0, 0.1) is 5.92 Å². The van der Waals surface area contributed by atoms with Gasteiger partial charge in [0.2, 0.25) is 0 Å². The second-order valence-corrected chi connectivity index (χ2v) is 4.82. The molecule has 0 fully saturated rings. The van der Waals surface area contributed by atoms with E-state index in [9.17, 15) is 10.2 Å². The van der Waals surface area contributed by atoms with Crippen molar-refractivity contribution in [2.24, 2.45) is 5.92 Å². The van der Waals surface area contributed by atoms with Crippen LogP contribution in [0.5, 0.6) is 11.5 Å². The van der Waals surface area contributed by atoms with E-state index in [-0.39, 0.29) is 24.1 Å². The molecule has 0 radical (unpaired) electrons. The van der Waals surface area contributed by atoms with E-state index in [1.807, 2.05) is 13.8 Å². The Morgan fingerprint density at radius 2 is 1.78 bits per heavy atom. The third kappa shape index (κ3) is 4.20. The maximum atomic E-state index is 9.71. The third-order valence-corrected chi connectivity index (χ3v) is 3.13.